The second-order valence-electron chi connectivity index (χ2n) is 7.41. The van der Waals surface area contributed by atoms with Crippen LogP contribution in [-0.4, -0.2) is 38.3 Å². The number of ether oxygens (including phenoxy) is 1. The Balaban J connectivity index is 1.69. The van der Waals surface area contributed by atoms with Gasteiger partial charge in [0.05, 0.1) is 18.2 Å². The molecule has 0 unspecified atom stereocenters. The summed E-state index contributed by atoms with van der Waals surface area (Å²) in [5.41, 5.74) is -2.28. The van der Waals surface area contributed by atoms with Crippen LogP contribution in [0.4, 0.5) is 22.0 Å². The topological polar surface area (TPSA) is 60.2 Å². The number of amides is 1. The standard InChI is InChI=1S/C21H17F5N4O2/c1-13-20(9-29-11-27-10-28-29,17-7-6-16(22)8-18(17)23)32-12-30(13)19(31)14-2-4-15(5-3-14)21(24,25)26/h2-8,10-11,13H,9,12H2,1H3/t13-,20+/m0/s1. The van der Waals surface area contributed by atoms with Gasteiger partial charge in [-0.3, -0.25) is 4.79 Å². The van der Waals surface area contributed by atoms with Gasteiger partial charge in [-0.25, -0.2) is 18.4 Å². The van der Waals surface area contributed by atoms with Crippen LogP contribution >= 0.6 is 0 Å². The average Bonchev–Trinajstić information content (AvgIpc) is 3.36. The molecule has 2 heterocycles. The summed E-state index contributed by atoms with van der Waals surface area (Å²) in [6.07, 6.45) is -1.86. The van der Waals surface area contributed by atoms with E-state index in [-0.39, 0.29) is 24.4 Å². The normalized spacial score (nSPS) is 21.2. The number of rotatable bonds is 4. The molecule has 2 aromatic carbocycles. The Hall–Kier alpha value is -3.34. The van der Waals surface area contributed by atoms with Crippen molar-refractivity contribution < 1.29 is 31.5 Å². The van der Waals surface area contributed by atoms with Crippen LogP contribution in [0.15, 0.2) is 55.1 Å². The molecule has 1 aromatic heterocycles. The van der Waals surface area contributed by atoms with Gasteiger partial charge >= 0.3 is 6.18 Å². The maximum atomic E-state index is 14.8. The number of alkyl halides is 3. The number of benzene rings is 2. The van der Waals surface area contributed by atoms with Crippen LogP contribution in [0.2, 0.25) is 0 Å². The third kappa shape index (κ3) is 3.83. The van der Waals surface area contributed by atoms with Crippen LogP contribution in [-0.2, 0) is 23.1 Å². The molecule has 11 heteroatoms. The van der Waals surface area contributed by atoms with E-state index in [1.54, 1.807) is 6.92 Å². The zero-order chi connectivity index (χ0) is 23.1. The lowest BCUT2D eigenvalue weighted by Crippen LogP contribution is -2.46. The Labute approximate surface area is 179 Å². The first-order chi connectivity index (χ1) is 15.1. The van der Waals surface area contributed by atoms with E-state index in [4.69, 9.17) is 4.74 Å². The van der Waals surface area contributed by atoms with E-state index in [0.29, 0.717) is 0 Å². The summed E-state index contributed by atoms with van der Waals surface area (Å²) in [6.45, 7) is 1.33. The number of hydrogen-bond acceptors (Lipinski definition) is 4. The van der Waals surface area contributed by atoms with Crippen molar-refractivity contribution in [2.24, 2.45) is 0 Å². The minimum Gasteiger partial charge on any atom is -0.346 e. The van der Waals surface area contributed by atoms with Crippen LogP contribution in [0.1, 0.15) is 28.4 Å². The number of carbonyl (C=O) groups excluding carboxylic acids is 1. The molecule has 1 saturated heterocycles. The zero-order valence-corrected chi connectivity index (χ0v) is 16.7. The van der Waals surface area contributed by atoms with Gasteiger partial charge in [0.15, 0.2) is 0 Å². The van der Waals surface area contributed by atoms with Gasteiger partial charge in [-0.2, -0.15) is 18.3 Å². The van der Waals surface area contributed by atoms with E-state index in [2.05, 4.69) is 10.1 Å². The summed E-state index contributed by atoms with van der Waals surface area (Å²) in [5.74, 6) is -2.22. The van der Waals surface area contributed by atoms with Crippen LogP contribution in [0.25, 0.3) is 0 Å². The summed E-state index contributed by atoms with van der Waals surface area (Å²) < 4.78 is 74.1. The summed E-state index contributed by atoms with van der Waals surface area (Å²) >= 11 is 0. The second kappa shape index (κ2) is 7.97. The van der Waals surface area contributed by atoms with Gasteiger partial charge in [-0.05, 0) is 37.3 Å². The number of carbonyl (C=O) groups is 1. The predicted octanol–water partition coefficient (Wildman–Crippen LogP) is 3.99. The number of hydrogen-bond donors (Lipinski definition) is 0. The van der Waals surface area contributed by atoms with Crippen LogP contribution < -0.4 is 0 Å². The van der Waals surface area contributed by atoms with Gasteiger partial charge < -0.3 is 9.64 Å². The van der Waals surface area contributed by atoms with E-state index in [9.17, 15) is 26.7 Å². The van der Waals surface area contributed by atoms with Crippen molar-refractivity contribution in [3.63, 3.8) is 0 Å². The smallest absolute Gasteiger partial charge is 0.346 e. The molecule has 168 valence electrons. The van der Waals surface area contributed by atoms with Crippen molar-refractivity contribution in [2.75, 3.05) is 6.73 Å². The highest BCUT2D eigenvalue weighted by molar-refractivity contribution is 5.94. The predicted molar refractivity (Wildman–Crippen MR) is 101 cm³/mol. The fraction of sp³-hybridized carbons (Fsp3) is 0.286. The monoisotopic (exact) mass is 452 g/mol. The molecule has 1 amide bonds. The number of halogens is 5. The van der Waals surface area contributed by atoms with Crippen LogP contribution in [0.5, 0.6) is 0 Å². The van der Waals surface area contributed by atoms with Gasteiger partial charge in [0.1, 0.15) is 36.6 Å². The largest absolute Gasteiger partial charge is 0.416 e. The fourth-order valence-corrected chi connectivity index (χ4v) is 3.82. The van der Waals surface area contributed by atoms with E-state index in [0.717, 1.165) is 36.4 Å². The fourth-order valence-electron chi connectivity index (χ4n) is 3.82. The van der Waals surface area contributed by atoms with Gasteiger partial charge in [-0.15, -0.1) is 0 Å². The highest BCUT2D eigenvalue weighted by Gasteiger charge is 2.51. The third-order valence-electron chi connectivity index (χ3n) is 5.57. The maximum absolute atomic E-state index is 14.8. The van der Waals surface area contributed by atoms with Crippen molar-refractivity contribution in [2.45, 2.75) is 31.3 Å². The first kappa shape index (κ1) is 21.9. The SMILES string of the molecule is C[C@@H]1N(C(=O)c2ccc(C(F)(F)F)cc2)CO[C@@]1(Cn1cncn1)c1ccc(F)cc1F. The summed E-state index contributed by atoms with van der Waals surface area (Å²) in [5, 5.41) is 4.01. The molecule has 3 aromatic rings. The van der Waals surface area contributed by atoms with Gasteiger partial charge in [0, 0.05) is 17.2 Å². The highest BCUT2D eigenvalue weighted by Crippen LogP contribution is 2.41. The molecule has 6 nitrogen and oxygen atoms in total. The molecular weight excluding hydrogens is 435 g/mol. The van der Waals surface area contributed by atoms with Gasteiger partial charge in [0.25, 0.3) is 5.91 Å². The molecule has 1 aliphatic rings. The second-order valence-corrected chi connectivity index (χ2v) is 7.41. The molecule has 0 N–H and O–H groups in total. The Bertz CT molecular complexity index is 1120. The maximum Gasteiger partial charge on any atom is 0.416 e. The van der Waals surface area contributed by atoms with Crippen molar-refractivity contribution in [3.05, 3.63) is 83.4 Å². The van der Waals surface area contributed by atoms with Gasteiger partial charge in [-0.1, -0.05) is 6.07 Å². The van der Waals surface area contributed by atoms with Crippen molar-refractivity contribution in [1.82, 2.24) is 19.7 Å². The van der Waals surface area contributed by atoms with Crippen molar-refractivity contribution >= 4 is 5.91 Å². The minimum atomic E-state index is -4.53. The van der Waals surface area contributed by atoms with Crippen LogP contribution in [0, 0.1) is 11.6 Å². The molecule has 0 saturated carbocycles. The minimum absolute atomic E-state index is 0.0181. The molecule has 0 spiro atoms. The zero-order valence-electron chi connectivity index (χ0n) is 16.7. The first-order valence-corrected chi connectivity index (χ1v) is 9.52. The third-order valence-corrected chi connectivity index (χ3v) is 5.57. The number of nitrogens with zero attached hydrogens (tertiary/aromatic N) is 4. The Morgan fingerprint density at radius 2 is 1.91 bits per heavy atom. The van der Waals surface area contributed by atoms with Crippen molar-refractivity contribution in [1.29, 1.82) is 0 Å². The lowest BCUT2D eigenvalue weighted by molar-refractivity contribution is -0.137. The molecule has 32 heavy (non-hydrogen) atoms. The lowest BCUT2D eigenvalue weighted by atomic mass is 9.86. The summed E-state index contributed by atoms with van der Waals surface area (Å²) in [7, 11) is 0. The van der Waals surface area contributed by atoms with E-state index >= 15 is 0 Å². The molecular formula is C21H17F5N4O2. The quantitative estimate of drug-likeness (QED) is 0.562. The Morgan fingerprint density at radius 3 is 2.50 bits per heavy atom. The average molecular weight is 452 g/mol. The van der Waals surface area contributed by atoms with Crippen LogP contribution in [0.3, 0.4) is 0 Å². The highest BCUT2D eigenvalue weighted by atomic mass is 19.4. The molecule has 1 aliphatic heterocycles. The van der Waals surface area contributed by atoms with E-state index in [1.165, 1.54) is 28.3 Å². The van der Waals surface area contributed by atoms with Crippen molar-refractivity contribution in [3.8, 4) is 0 Å². The molecule has 0 aliphatic carbocycles. The molecule has 0 radical (unpaired) electrons. The van der Waals surface area contributed by atoms with E-state index in [1.807, 2.05) is 0 Å². The Kier molecular flexibility index (Phi) is 5.45. The summed E-state index contributed by atoms with van der Waals surface area (Å²) in [4.78, 5) is 18.2. The molecule has 2 atom stereocenters. The molecule has 4 rings (SSSR count). The number of aromatic nitrogens is 3. The Morgan fingerprint density at radius 1 is 1.19 bits per heavy atom. The molecule has 0 bridgehead atoms. The first-order valence-electron chi connectivity index (χ1n) is 9.52. The lowest BCUT2D eigenvalue weighted by Gasteiger charge is -2.34. The van der Waals surface area contributed by atoms with E-state index < -0.39 is 40.9 Å². The summed E-state index contributed by atoms with van der Waals surface area (Å²) in [6, 6.07) is 6.05. The molecule has 1 fully saturated rings. The van der Waals surface area contributed by atoms with Gasteiger partial charge in [0.2, 0.25) is 0 Å².